The summed E-state index contributed by atoms with van der Waals surface area (Å²) in [4.78, 5) is 4.32. The van der Waals surface area contributed by atoms with Crippen molar-refractivity contribution in [3.05, 3.63) is 56.2 Å². The number of aromatic nitrogens is 1. The zero-order chi connectivity index (χ0) is 14.5. The maximum absolute atomic E-state index is 5.96. The monoisotopic (exact) mass is 398 g/mol. The number of nitrogens with one attached hydrogen (secondary N) is 1. The molecule has 3 nitrogen and oxygen atoms in total. The van der Waals surface area contributed by atoms with E-state index in [2.05, 4.69) is 54.3 Å². The van der Waals surface area contributed by atoms with Gasteiger partial charge in [0, 0.05) is 27.3 Å². The molecule has 20 heavy (non-hydrogen) atoms. The second-order valence-corrected chi connectivity index (χ2v) is 6.33. The van der Waals surface area contributed by atoms with Crippen LogP contribution in [-0.4, -0.2) is 12.0 Å². The van der Waals surface area contributed by atoms with Crippen LogP contribution in [0.5, 0.6) is 5.75 Å². The van der Waals surface area contributed by atoms with Crippen molar-refractivity contribution in [3.8, 4) is 5.75 Å². The molecular formula is C15H16Br2N2O. The van der Waals surface area contributed by atoms with Gasteiger partial charge in [0.2, 0.25) is 0 Å². The molecular weight excluding hydrogens is 384 g/mol. The lowest BCUT2D eigenvalue weighted by molar-refractivity contribution is 0.295. The topological polar surface area (TPSA) is 34.1 Å². The zero-order valence-electron chi connectivity index (χ0n) is 11.4. The molecule has 0 aliphatic carbocycles. The lowest BCUT2D eigenvalue weighted by atomic mass is 10.1. The fourth-order valence-corrected chi connectivity index (χ4v) is 2.82. The van der Waals surface area contributed by atoms with E-state index in [0.29, 0.717) is 6.61 Å². The van der Waals surface area contributed by atoms with Crippen LogP contribution in [0.15, 0.2) is 39.4 Å². The Bertz CT molecular complexity index is 585. The van der Waals surface area contributed by atoms with Gasteiger partial charge >= 0.3 is 0 Å². The Morgan fingerprint density at radius 3 is 2.65 bits per heavy atom. The first kappa shape index (κ1) is 15.5. The highest BCUT2D eigenvalue weighted by Gasteiger charge is 2.09. The average Bonchev–Trinajstić information content (AvgIpc) is 2.40. The Balaban J connectivity index is 2.17. The predicted molar refractivity (Wildman–Crippen MR) is 87.9 cm³/mol. The summed E-state index contributed by atoms with van der Waals surface area (Å²) in [6, 6.07) is 8.06. The predicted octanol–water partition coefficient (Wildman–Crippen LogP) is 4.21. The lowest BCUT2D eigenvalue weighted by Crippen LogP contribution is -2.09. The number of ether oxygens (including phenoxy) is 1. The van der Waals surface area contributed by atoms with Crippen molar-refractivity contribution < 1.29 is 4.74 Å². The fraction of sp³-hybridized carbons (Fsp3) is 0.267. The highest BCUT2D eigenvalue weighted by molar-refractivity contribution is 9.10. The molecule has 0 aliphatic heterocycles. The second kappa shape index (κ2) is 7.20. The van der Waals surface area contributed by atoms with Crippen LogP contribution in [0.25, 0.3) is 0 Å². The third-order valence-electron chi connectivity index (χ3n) is 2.84. The van der Waals surface area contributed by atoms with E-state index < -0.39 is 0 Å². The van der Waals surface area contributed by atoms with Crippen molar-refractivity contribution in [2.45, 2.75) is 20.1 Å². The molecule has 5 heteroatoms. The van der Waals surface area contributed by atoms with Crippen LogP contribution in [0.3, 0.4) is 0 Å². The molecule has 1 aromatic carbocycles. The number of hydrogen-bond acceptors (Lipinski definition) is 3. The van der Waals surface area contributed by atoms with Gasteiger partial charge in [-0.2, -0.15) is 0 Å². The SMILES string of the molecule is CNCc1cc(Br)cc(C)c1OCc1ccc(Br)cn1. The highest BCUT2D eigenvalue weighted by atomic mass is 79.9. The first-order chi connectivity index (χ1) is 9.60. The maximum Gasteiger partial charge on any atom is 0.130 e. The van der Waals surface area contributed by atoms with Crippen molar-refractivity contribution in [2.75, 3.05) is 7.05 Å². The summed E-state index contributed by atoms with van der Waals surface area (Å²) in [7, 11) is 1.93. The summed E-state index contributed by atoms with van der Waals surface area (Å²) < 4.78 is 8.00. The maximum atomic E-state index is 5.96. The Morgan fingerprint density at radius 2 is 2.00 bits per heavy atom. The van der Waals surface area contributed by atoms with Gasteiger partial charge in [-0.15, -0.1) is 0 Å². The number of aryl methyl sites for hydroxylation is 1. The van der Waals surface area contributed by atoms with Gasteiger partial charge < -0.3 is 10.1 Å². The van der Waals surface area contributed by atoms with E-state index >= 15 is 0 Å². The van der Waals surface area contributed by atoms with Crippen LogP contribution in [0.2, 0.25) is 0 Å². The molecule has 2 aromatic rings. The standard InChI is InChI=1S/C15H16Br2N2O/c1-10-5-13(17)6-11(7-18-2)15(10)20-9-14-4-3-12(16)8-19-14/h3-6,8,18H,7,9H2,1-2H3. The molecule has 2 rings (SSSR count). The first-order valence-corrected chi connectivity index (χ1v) is 7.85. The van der Waals surface area contributed by atoms with Crippen molar-refractivity contribution in [1.82, 2.24) is 10.3 Å². The van der Waals surface area contributed by atoms with Crippen molar-refractivity contribution >= 4 is 31.9 Å². The molecule has 1 heterocycles. The molecule has 0 aliphatic rings. The van der Waals surface area contributed by atoms with Crippen LogP contribution in [-0.2, 0) is 13.2 Å². The number of nitrogens with zero attached hydrogens (tertiary/aromatic N) is 1. The Hall–Kier alpha value is -0.910. The molecule has 0 saturated carbocycles. The van der Waals surface area contributed by atoms with Gasteiger partial charge in [-0.25, -0.2) is 0 Å². The first-order valence-electron chi connectivity index (χ1n) is 6.27. The highest BCUT2D eigenvalue weighted by Crippen LogP contribution is 2.28. The summed E-state index contributed by atoms with van der Waals surface area (Å²) in [6.45, 7) is 3.28. The van der Waals surface area contributed by atoms with E-state index in [-0.39, 0.29) is 0 Å². The molecule has 1 aromatic heterocycles. The summed E-state index contributed by atoms with van der Waals surface area (Å²) in [5.41, 5.74) is 3.16. The van der Waals surface area contributed by atoms with Gasteiger partial charge in [0.15, 0.2) is 0 Å². The number of benzene rings is 1. The summed E-state index contributed by atoms with van der Waals surface area (Å²) in [6.07, 6.45) is 1.78. The van der Waals surface area contributed by atoms with Crippen LogP contribution in [0, 0.1) is 6.92 Å². The van der Waals surface area contributed by atoms with E-state index in [1.165, 1.54) is 0 Å². The van der Waals surface area contributed by atoms with Gasteiger partial charge in [0.05, 0.1) is 5.69 Å². The van der Waals surface area contributed by atoms with E-state index in [9.17, 15) is 0 Å². The molecule has 0 bridgehead atoms. The Morgan fingerprint density at radius 1 is 1.20 bits per heavy atom. The fourth-order valence-electron chi connectivity index (χ4n) is 1.97. The van der Waals surface area contributed by atoms with Crippen LogP contribution >= 0.6 is 31.9 Å². The largest absolute Gasteiger partial charge is 0.487 e. The van der Waals surface area contributed by atoms with Crippen LogP contribution < -0.4 is 10.1 Å². The van der Waals surface area contributed by atoms with Crippen molar-refractivity contribution in [3.63, 3.8) is 0 Å². The second-order valence-electron chi connectivity index (χ2n) is 4.50. The Labute approximate surface area is 136 Å². The molecule has 106 valence electrons. The van der Waals surface area contributed by atoms with Crippen LogP contribution in [0.1, 0.15) is 16.8 Å². The number of pyridine rings is 1. The van der Waals surface area contributed by atoms with Gasteiger partial charge in [0.1, 0.15) is 12.4 Å². The number of halogens is 2. The summed E-state index contributed by atoms with van der Waals surface area (Å²) in [5.74, 6) is 0.923. The van der Waals surface area contributed by atoms with E-state index in [0.717, 1.165) is 38.1 Å². The van der Waals surface area contributed by atoms with Gasteiger partial charge in [-0.1, -0.05) is 15.9 Å². The molecule has 0 spiro atoms. The minimum atomic E-state index is 0.465. The molecule has 1 N–H and O–H groups in total. The quantitative estimate of drug-likeness (QED) is 0.817. The molecule has 0 saturated heterocycles. The van der Waals surface area contributed by atoms with Gasteiger partial charge in [-0.05, 0) is 59.7 Å². The molecule has 0 atom stereocenters. The smallest absolute Gasteiger partial charge is 0.130 e. The Kier molecular flexibility index (Phi) is 5.57. The van der Waals surface area contributed by atoms with Gasteiger partial charge in [0.25, 0.3) is 0 Å². The third kappa shape index (κ3) is 4.04. The summed E-state index contributed by atoms with van der Waals surface area (Å²) >= 11 is 6.90. The molecule has 0 fully saturated rings. The number of hydrogen-bond donors (Lipinski definition) is 1. The molecule has 0 amide bonds. The van der Waals surface area contributed by atoms with E-state index in [4.69, 9.17) is 4.74 Å². The number of rotatable bonds is 5. The molecule has 0 unspecified atom stereocenters. The van der Waals surface area contributed by atoms with E-state index in [1.54, 1.807) is 6.20 Å². The third-order valence-corrected chi connectivity index (χ3v) is 3.76. The minimum Gasteiger partial charge on any atom is -0.487 e. The summed E-state index contributed by atoms with van der Waals surface area (Å²) in [5, 5.41) is 3.16. The van der Waals surface area contributed by atoms with E-state index in [1.807, 2.05) is 26.1 Å². The zero-order valence-corrected chi connectivity index (χ0v) is 14.6. The van der Waals surface area contributed by atoms with Crippen molar-refractivity contribution in [1.29, 1.82) is 0 Å². The molecule has 0 radical (unpaired) electrons. The average molecular weight is 400 g/mol. The van der Waals surface area contributed by atoms with Crippen molar-refractivity contribution in [2.24, 2.45) is 0 Å². The minimum absolute atomic E-state index is 0.465. The lowest BCUT2D eigenvalue weighted by Gasteiger charge is -2.14. The van der Waals surface area contributed by atoms with Gasteiger partial charge in [-0.3, -0.25) is 4.98 Å². The van der Waals surface area contributed by atoms with Crippen LogP contribution in [0.4, 0.5) is 0 Å². The normalized spacial score (nSPS) is 10.6.